The van der Waals surface area contributed by atoms with Crippen molar-refractivity contribution >= 4 is 17.4 Å². The second kappa shape index (κ2) is 11.4. The zero-order valence-corrected chi connectivity index (χ0v) is 17.2. The van der Waals surface area contributed by atoms with E-state index in [0.717, 1.165) is 17.5 Å². The summed E-state index contributed by atoms with van der Waals surface area (Å²) < 4.78 is 5.34. The Morgan fingerprint density at radius 2 is 1.66 bits per heavy atom. The minimum absolute atomic E-state index is 0.196. The number of aryl methyl sites for hydroxylation is 1. The van der Waals surface area contributed by atoms with E-state index in [0.29, 0.717) is 19.3 Å². The van der Waals surface area contributed by atoms with Crippen LogP contribution in [0.2, 0.25) is 0 Å². The molecule has 1 aromatic heterocycles. The monoisotopic (exact) mass is 409 g/mol. The van der Waals surface area contributed by atoms with Gasteiger partial charge in [-0.25, -0.2) is 4.79 Å². The van der Waals surface area contributed by atoms with Crippen LogP contribution < -0.4 is 5.32 Å². The fourth-order valence-corrected chi connectivity index (χ4v) is 3.90. The standard InChI is InChI=1S/C24H27NO3S/c26-23(12-11-19-7-3-1-4-8-19)16-22(15-20-9-5-2-6-10-20)25-24(27)28-17-21-13-14-29-18-21/h1-10,13-14,18,22-23,26H,11-12,15-17H2,(H,25,27)/t22-,23-/m0/s1. The van der Waals surface area contributed by atoms with Gasteiger partial charge in [-0.1, -0.05) is 60.7 Å². The molecule has 2 atom stereocenters. The van der Waals surface area contributed by atoms with Gasteiger partial charge in [-0.3, -0.25) is 0 Å². The Labute approximate surface area is 176 Å². The number of rotatable bonds is 10. The molecule has 1 heterocycles. The number of benzene rings is 2. The SMILES string of the molecule is O=C(N[C@@H](Cc1ccccc1)C[C@@H](O)CCc1ccccc1)OCc1ccsc1. The first kappa shape index (κ1) is 21.1. The van der Waals surface area contributed by atoms with Gasteiger partial charge in [-0.15, -0.1) is 0 Å². The Morgan fingerprint density at radius 1 is 0.966 bits per heavy atom. The average Bonchev–Trinajstić information content (AvgIpc) is 3.26. The quantitative estimate of drug-likeness (QED) is 0.497. The maximum absolute atomic E-state index is 12.3. The number of amides is 1. The van der Waals surface area contributed by atoms with E-state index in [9.17, 15) is 9.90 Å². The molecular formula is C24H27NO3S. The highest BCUT2D eigenvalue weighted by Crippen LogP contribution is 2.13. The van der Waals surface area contributed by atoms with Crippen molar-refractivity contribution in [3.05, 3.63) is 94.2 Å². The van der Waals surface area contributed by atoms with E-state index in [1.54, 1.807) is 11.3 Å². The van der Waals surface area contributed by atoms with E-state index in [2.05, 4.69) is 17.4 Å². The van der Waals surface area contributed by atoms with Gasteiger partial charge in [0.15, 0.2) is 0 Å². The maximum Gasteiger partial charge on any atom is 0.407 e. The van der Waals surface area contributed by atoms with E-state index in [1.807, 2.05) is 65.4 Å². The van der Waals surface area contributed by atoms with Crippen molar-refractivity contribution in [2.45, 2.75) is 44.4 Å². The third kappa shape index (κ3) is 7.72. The Bertz CT molecular complexity index is 837. The molecule has 0 aliphatic carbocycles. The van der Waals surface area contributed by atoms with E-state index in [4.69, 9.17) is 4.74 Å². The zero-order chi connectivity index (χ0) is 20.3. The lowest BCUT2D eigenvalue weighted by molar-refractivity contribution is 0.119. The first-order chi connectivity index (χ1) is 14.2. The zero-order valence-electron chi connectivity index (χ0n) is 16.4. The van der Waals surface area contributed by atoms with Crippen LogP contribution in [0, 0.1) is 0 Å². The fourth-order valence-electron chi connectivity index (χ4n) is 3.25. The second-order valence-corrected chi connectivity index (χ2v) is 7.93. The number of aliphatic hydroxyl groups is 1. The molecule has 2 aromatic carbocycles. The van der Waals surface area contributed by atoms with E-state index >= 15 is 0 Å². The Kier molecular flexibility index (Phi) is 8.28. The normalized spacial score (nSPS) is 12.9. The maximum atomic E-state index is 12.3. The van der Waals surface area contributed by atoms with Crippen molar-refractivity contribution in [3.63, 3.8) is 0 Å². The number of thiophene rings is 1. The summed E-state index contributed by atoms with van der Waals surface area (Å²) in [5.74, 6) is 0. The van der Waals surface area contributed by atoms with Crippen molar-refractivity contribution in [3.8, 4) is 0 Å². The highest BCUT2D eigenvalue weighted by molar-refractivity contribution is 7.07. The molecule has 0 aliphatic heterocycles. The molecule has 1 amide bonds. The third-order valence-corrected chi connectivity index (χ3v) is 5.49. The second-order valence-electron chi connectivity index (χ2n) is 7.15. The van der Waals surface area contributed by atoms with Crippen molar-refractivity contribution < 1.29 is 14.6 Å². The van der Waals surface area contributed by atoms with Crippen LogP contribution in [0.5, 0.6) is 0 Å². The number of hydrogen-bond acceptors (Lipinski definition) is 4. The molecule has 5 heteroatoms. The Morgan fingerprint density at radius 3 is 2.31 bits per heavy atom. The largest absolute Gasteiger partial charge is 0.445 e. The fraction of sp³-hybridized carbons (Fsp3) is 0.292. The van der Waals surface area contributed by atoms with Crippen LogP contribution in [0.4, 0.5) is 4.79 Å². The minimum Gasteiger partial charge on any atom is -0.445 e. The van der Waals surface area contributed by atoms with Gasteiger partial charge in [-0.05, 0) is 53.6 Å². The van der Waals surface area contributed by atoms with Crippen LogP contribution in [0.25, 0.3) is 0 Å². The van der Waals surface area contributed by atoms with Gasteiger partial charge in [0.2, 0.25) is 0 Å². The molecule has 0 radical (unpaired) electrons. The first-order valence-electron chi connectivity index (χ1n) is 9.89. The molecule has 0 aliphatic rings. The highest BCUT2D eigenvalue weighted by Gasteiger charge is 2.18. The lowest BCUT2D eigenvalue weighted by atomic mass is 9.97. The highest BCUT2D eigenvalue weighted by atomic mass is 32.1. The predicted molar refractivity (Wildman–Crippen MR) is 117 cm³/mol. The van der Waals surface area contributed by atoms with E-state index < -0.39 is 12.2 Å². The molecule has 0 saturated heterocycles. The van der Waals surface area contributed by atoms with Crippen LogP contribution in [-0.4, -0.2) is 23.3 Å². The molecule has 0 saturated carbocycles. The van der Waals surface area contributed by atoms with Gasteiger partial charge in [0.25, 0.3) is 0 Å². The summed E-state index contributed by atoms with van der Waals surface area (Å²) in [7, 11) is 0. The molecule has 0 spiro atoms. The lowest BCUT2D eigenvalue weighted by Crippen LogP contribution is -2.39. The summed E-state index contributed by atoms with van der Waals surface area (Å²) in [6.45, 7) is 0.254. The van der Waals surface area contributed by atoms with Crippen LogP contribution in [0.15, 0.2) is 77.5 Å². The summed E-state index contributed by atoms with van der Waals surface area (Å²) in [6.07, 6.45) is 1.64. The van der Waals surface area contributed by atoms with Gasteiger partial charge in [0.1, 0.15) is 6.61 Å². The van der Waals surface area contributed by atoms with Crippen LogP contribution >= 0.6 is 11.3 Å². The van der Waals surface area contributed by atoms with Crippen LogP contribution in [-0.2, 0) is 24.2 Å². The van der Waals surface area contributed by atoms with Gasteiger partial charge in [0, 0.05) is 11.6 Å². The molecule has 3 rings (SSSR count). The number of alkyl carbamates (subject to hydrolysis) is 1. The summed E-state index contributed by atoms with van der Waals surface area (Å²) in [5.41, 5.74) is 3.30. The summed E-state index contributed by atoms with van der Waals surface area (Å²) in [5, 5.41) is 17.4. The van der Waals surface area contributed by atoms with Crippen molar-refractivity contribution in [1.82, 2.24) is 5.32 Å². The molecule has 3 aromatic rings. The minimum atomic E-state index is -0.499. The number of hydrogen-bond donors (Lipinski definition) is 2. The van der Waals surface area contributed by atoms with Crippen LogP contribution in [0.1, 0.15) is 29.5 Å². The predicted octanol–water partition coefficient (Wildman–Crippen LogP) is 4.97. The van der Waals surface area contributed by atoms with Gasteiger partial charge >= 0.3 is 6.09 Å². The summed E-state index contributed by atoms with van der Waals surface area (Å²) in [6, 6.07) is 21.9. The summed E-state index contributed by atoms with van der Waals surface area (Å²) in [4.78, 5) is 12.3. The molecule has 4 nitrogen and oxygen atoms in total. The summed E-state index contributed by atoms with van der Waals surface area (Å²) >= 11 is 1.57. The Balaban J connectivity index is 1.53. The van der Waals surface area contributed by atoms with Gasteiger partial charge in [0.05, 0.1) is 6.10 Å². The van der Waals surface area contributed by atoms with Crippen molar-refractivity contribution in [1.29, 1.82) is 0 Å². The van der Waals surface area contributed by atoms with Crippen molar-refractivity contribution in [2.24, 2.45) is 0 Å². The van der Waals surface area contributed by atoms with Crippen LogP contribution in [0.3, 0.4) is 0 Å². The lowest BCUT2D eigenvalue weighted by Gasteiger charge is -2.22. The third-order valence-electron chi connectivity index (χ3n) is 4.76. The average molecular weight is 410 g/mol. The number of ether oxygens (including phenoxy) is 1. The topological polar surface area (TPSA) is 58.6 Å². The van der Waals surface area contributed by atoms with E-state index in [-0.39, 0.29) is 12.6 Å². The molecule has 2 N–H and O–H groups in total. The number of nitrogens with one attached hydrogen (secondary N) is 1. The van der Waals surface area contributed by atoms with Gasteiger partial charge in [-0.2, -0.15) is 11.3 Å². The van der Waals surface area contributed by atoms with Crippen molar-refractivity contribution in [2.75, 3.05) is 0 Å². The molecule has 152 valence electrons. The molecule has 29 heavy (non-hydrogen) atoms. The first-order valence-corrected chi connectivity index (χ1v) is 10.8. The van der Waals surface area contributed by atoms with E-state index in [1.165, 1.54) is 5.56 Å². The number of carbonyl (C=O) groups excluding carboxylic acids is 1. The molecule has 0 unspecified atom stereocenters. The molecule has 0 fully saturated rings. The smallest absolute Gasteiger partial charge is 0.407 e. The molecule has 0 bridgehead atoms. The molecular weight excluding hydrogens is 382 g/mol. The number of carbonyl (C=O) groups is 1. The van der Waals surface area contributed by atoms with Gasteiger partial charge < -0.3 is 15.2 Å². The number of aliphatic hydroxyl groups excluding tert-OH is 1. The Hall–Kier alpha value is -2.63.